The van der Waals surface area contributed by atoms with Gasteiger partial charge in [-0.3, -0.25) is 4.98 Å². The van der Waals surface area contributed by atoms with Crippen molar-refractivity contribution in [2.45, 2.75) is 13.3 Å². The monoisotopic (exact) mass is 366 g/mol. The van der Waals surface area contributed by atoms with Crippen molar-refractivity contribution in [1.82, 2.24) is 14.5 Å². The Morgan fingerprint density at radius 1 is 0.964 bits per heavy atom. The van der Waals surface area contributed by atoms with Gasteiger partial charge in [0, 0.05) is 37.1 Å². The predicted octanol–water partition coefficient (Wildman–Crippen LogP) is 4.94. The Kier molecular flexibility index (Phi) is 6.33. The molecule has 2 heterocycles. The van der Waals surface area contributed by atoms with Gasteiger partial charge in [-0.1, -0.05) is 48.0 Å². The lowest BCUT2D eigenvalue weighted by Crippen LogP contribution is -1.96. The van der Waals surface area contributed by atoms with Gasteiger partial charge >= 0.3 is 0 Å². The minimum Gasteiger partial charge on any atom is -0.337 e. The van der Waals surface area contributed by atoms with E-state index in [1.165, 1.54) is 22.4 Å². The summed E-state index contributed by atoms with van der Waals surface area (Å²) in [6.07, 6.45) is 6.31. The third kappa shape index (κ3) is 5.15. The number of nitriles is 1. The summed E-state index contributed by atoms with van der Waals surface area (Å²) in [7, 11) is 1.98. The second kappa shape index (κ2) is 9.29. The van der Waals surface area contributed by atoms with E-state index >= 15 is 0 Å². The summed E-state index contributed by atoms with van der Waals surface area (Å²) in [6, 6.07) is 24.1. The molecular formula is C24H22N4. The van der Waals surface area contributed by atoms with Crippen LogP contribution in [-0.2, 0) is 13.5 Å². The van der Waals surface area contributed by atoms with E-state index in [0.29, 0.717) is 5.56 Å². The van der Waals surface area contributed by atoms with Crippen molar-refractivity contribution >= 4 is 0 Å². The molecule has 2 aromatic carbocycles. The lowest BCUT2D eigenvalue weighted by molar-refractivity contribution is 0.845. The molecule has 0 fully saturated rings. The zero-order chi connectivity index (χ0) is 19.8. The lowest BCUT2D eigenvalue weighted by atomic mass is 10.1. The van der Waals surface area contributed by atoms with Crippen LogP contribution < -0.4 is 0 Å². The Morgan fingerprint density at radius 3 is 2.29 bits per heavy atom. The van der Waals surface area contributed by atoms with E-state index in [1.54, 1.807) is 6.33 Å². The van der Waals surface area contributed by atoms with Gasteiger partial charge in [0.2, 0.25) is 0 Å². The number of imidazole rings is 1. The van der Waals surface area contributed by atoms with Crippen LogP contribution in [0.3, 0.4) is 0 Å². The van der Waals surface area contributed by atoms with Crippen molar-refractivity contribution in [1.29, 1.82) is 5.26 Å². The number of rotatable bonds is 3. The van der Waals surface area contributed by atoms with E-state index in [2.05, 4.69) is 47.2 Å². The average molecular weight is 366 g/mol. The molecule has 4 nitrogen and oxygen atoms in total. The van der Waals surface area contributed by atoms with Crippen molar-refractivity contribution in [3.05, 3.63) is 108 Å². The van der Waals surface area contributed by atoms with Gasteiger partial charge in [0.1, 0.15) is 0 Å². The number of pyridine rings is 1. The van der Waals surface area contributed by atoms with E-state index in [4.69, 9.17) is 5.26 Å². The molecule has 0 unspecified atom stereocenters. The largest absolute Gasteiger partial charge is 0.337 e. The molecule has 138 valence electrons. The summed E-state index contributed by atoms with van der Waals surface area (Å²) in [5, 5.41) is 8.67. The second-order valence-electron chi connectivity index (χ2n) is 6.56. The fraction of sp³-hybridized carbons (Fsp3) is 0.125. The Balaban J connectivity index is 0.000000162. The van der Waals surface area contributed by atoms with Gasteiger partial charge in [-0.25, -0.2) is 4.98 Å². The van der Waals surface area contributed by atoms with Gasteiger partial charge in [-0.2, -0.15) is 5.26 Å². The molecule has 0 radical (unpaired) electrons. The van der Waals surface area contributed by atoms with Crippen LogP contribution in [0.25, 0.3) is 11.3 Å². The Hall–Kier alpha value is -3.71. The number of aryl methyl sites for hydroxylation is 2. The van der Waals surface area contributed by atoms with E-state index in [-0.39, 0.29) is 0 Å². The van der Waals surface area contributed by atoms with E-state index in [0.717, 1.165) is 12.1 Å². The average Bonchev–Trinajstić information content (AvgIpc) is 3.15. The quantitative estimate of drug-likeness (QED) is 0.516. The maximum absolute atomic E-state index is 8.67. The summed E-state index contributed by atoms with van der Waals surface area (Å²) in [6.45, 7) is 2.09. The smallest absolute Gasteiger partial charge is 0.0991 e. The maximum atomic E-state index is 8.67. The highest BCUT2D eigenvalue weighted by molar-refractivity contribution is 5.58. The highest BCUT2D eigenvalue weighted by Crippen LogP contribution is 2.16. The number of benzene rings is 2. The first-order chi connectivity index (χ1) is 13.7. The molecule has 0 bridgehead atoms. The van der Waals surface area contributed by atoms with Crippen LogP contribution in [0.15, 0.2) is 85.5 Å². The molecule has 0 aliphatic heterocycles. The van der Waals surface area contributed by atoms with Crippen LogP contribution in [0.2, 0.25) is 0 Å². The Bertz CT molecular complexity index is 1040. The second-order valence-corrected chi connectivity index (χ2v) is 6.56. The summed E-state index contributed by atoms with van der Waals surface area (Å²) in [5.74, 6) is 0. The molecule has 0 amide bonds. The molecule has 0 saturated carbocycles. The molecule has 0 spiro atoms. The van der Waals surface area contributed by atoms with Crippen LogP contribution in [0.4, 0.5) is 0 Å². The highest BCUT2D eigenvalue weighted by Gasteiger charge is 2.00. The van der Waals surface area contributed by atoms with Crippen LogP contribution in [0.5, 0.6) is 0 Å². The SMILES string of the molecule is Cc1ccc(-c2ccccn2)cc1.Cn1cncc1Cc1ccc(C#N)cc1. The molecule has 4 rings (SSSR count). The summed E-state index contributed by atoms with van der Waals surface area (Å²) < 4.78 is 2.00. The molecule has 0 aliphatic carbocycles. The molecule has 28 heavy (non-hydrogen) atoms. The fourth-order valence-electron chi connectivity index (χ4n) is 2.72. The molecule has 0 saturated heterocycles. The Morgan fingerprint density at radius 2 is 1.71 bits per heavy atom. The van der Waals surface area contributed by atoms with Crippen molar-refractivity contribution in [3.63, 3.8) is 0 Å². The number of nitrogens with zero attached hydrogens (tertiary/aromatic N) is 4. The molecule has 0 atom stereocenters. The van der Waals surface area contributed by atoms with Crippen LogP contribution in [0, 0.1) is 18.3 Å². The molecule has 0 aliphatic rings. The van der Waals surface area contributed by atoms with Crippen molar-refractivity contribution < 1.29 is 0 Å². The number of aromatic nitrogens is 3. The van der Waals surface area contributed by atoms with Crippen LogP contribution in [0.1, 0.15) is 22.4 Å². The third-order valence-corrected chi connectivity index (χ3v) is 4.40. The van der Waals surface area contributed by atoms with E-state index in [1.807, 2.05) is 66.5 Å². The van der Waals surface area contributed by atoms with Crippen LogP contribution >= 0.6 is 0 Å². The molecule has 0 N–H and O–H groups in total. The first-order valence-corrected chi connectivity index (χ1v) is 9.08. The maximum Gasteiger partial charge on any atom is 0.0991 e. The zero-order valence-corrected chi connectivity index (χ0v) is 16.1. The standard InChI is InChI=1S/C12H11N3.C12H11N/c1-15-9-14-8-12(15)6-10-2-4-11(7-13)5-3-10;1-10-5-7-11(8-6-10)12-4-2-3-9-13-12/h2-5,8-9H,6H2,1H3;2-9H,1H3. The highest BCUT2D eigenvalue weighted by atomic mass is 15.0. The summed E-state index contributed by atoms with van der Waals surface area (Å²) >= 11 is 0. The number of hydrogen-bond acceptors (Lipinski definition) is 3. The van der Waals surface area contributed by atoms with Gasteiger partial charge in [0.05, 0.1) is 23.7 Å². The predicted molar refractivity (Wildman–Crippen MR) is 112 cm³/mol. The zero-order valence-electron chi connectivity index (χ0n) is 16.1. The molecule has 2 aromatic heterocycles. The van der Waals surface area contributed by atoms with Crippen LogP contribution in [-0.4, -0.2) is 14.5 Å². The van der Waals surface area contributed by atoms with Gasteiger partial charge < -0.3 is 4.57 Å². The number of hydrogen-bond donors (Lipinski definition) is 0. The first-order valence-electron chi connectivity index (χ1n) is 9.08. The van der Waals surface area contributed by atoms with E-state index < -0.39 is 0 Å². The Labute approximate surface area is 165 Å². The van der Waals surface area contributed by atoms with Crippen molar-refractivity contribution in [3.8, 4) is 17.3 Å². The molecule has 4 aromatic rings. The summed E-state index contributed by atoms with van der Waals surface area (Å²) in [4.78, 5) is 8.34. The fourth-order valence-corrected chi connectivity index (χ4v) is 2.72. The van der Waals surface area contributed by atoms with Gasteiger partial charge in [-0.05, 0) is 36.8 Å². The van der Waals surface area contributed by atoms with Gasteiger partial charge in [0.15, 0.2) is 0 Å². The van der Waals surface area contributed by atoms with E-state index in [9.17, 15) is 0 Å². The topological polar surface area (TPSA) is 54.5 Å². The lowest BCUT2D eigenvalue weighted by Gasteiger charge is -2.02. The normalized spacial score (nSPS) is 9.89. The third-order valence-electron chi connectivity index (χ3n) is 4.40. The van der Waals surface area contributed by atoms with Gasteiger partial charge in [0.25, 0.3) is 0 Å². The van der Waals surface area contributed by atoms with Crippen molar-refractivity contribution in [2.24, 2.45) is 7.05 Å². The molecule has 4 heteroatoms. The minimum atomic E-state index is 0.698. The van der Waals surface area contributed by atoms with Crippen molar-refractivity contribution in [2.75, 3.05) is 0 Å². The summed E-state index contributed by atoms with van der Waals surface area (Å²) in [5.41, 5.74) is 6.54. The minimum absolute atomic E-state index is 0.698. The van der Waals surface area contributed by atoms with Gasteiger partial charge in [-0.15, -0.1) is 0 Å². The first kappa shape index (κ1) is 19.1. The molecular weight excluding hydrogens is 344 g/mol.